The maximum Gasteiger partial charge on any atom is 0.146 e. The van der Waals surface area contributed by atoms with Gasteiger partial charge in [0.25, 0.3) is 0 Å². The van der Waals surface area contributed by atoms with E-state index in [2.05, 4.69) is 5.43 Å². The maximum atomic E-state index is 14.3. The molecule has 0 aromatic heterocycles. The first-order valence-electron chi connectivity index (χ1n) is 6.25. The molecule has 3 N–H and O–H groups in total. The molecule has 1 unspecified atom stereocenters. The predicted molar refractivity (Wildman–Crippen MR) is 80.1 cm³/mol. The van der Waals surface area contributed by atoms with Crippen molar-refractivity contribution in [3.63, 3.8) is 0 Å². The lowest BCUT2D eigenvalue weighted by molar-refractivity contribution is 0.376. The summed E-state index contributed by atoms with van der Waals surface area (Å²) in [4.78, 5) is 0. The zero-order valence-corrected chi connectivity index (χ0v) is 12.4. The minimum Gasteiger partial charge on any atom is -0.496 e. The number of nitrogens with two attached hydrogens (primary N) is 1. The lowest BCUT2D eigenvalue weighted by atomic mass is 9.97. The number of rotatable bonds is 5. The van der Waals surface area contributed by atoms with Crippen LogP contribution in [0.25, 0.3) is 0 Å². The molecule has 1 atom stereocenters. The zero-order valence-electron chi connectivity index (χ0n) is 11.7. The van der Waals surface area contributed by atoms with Crippen molar-refractivity contribution in [3.05, 3.63) is 58.4 Å². The Hall–Kier alpha value is -1.82. The summed E-state index contributed by atoms with van der Waals surface area (Å²) in [5, 5.41) is 0.0293. The Morgan fingerprint density at radius 3 is 2.19 bits per heavy atom. The van der Waals surface area contributed by atoms with Gasteiger partial charge in [-0.05, 0) is 18.2 Å². The van der Waals surface area contributed by atoms with Crippen LogP contribution >= 0.6 is 11.6 Å². The van der Waals surface area contributed by atoms with Gasteiger partial charge >= 0.3 is 0 Å². The quantitative estimate of drug-likeness (QED) is 0.658. The van der Waals surface area contributed by atoms with Gasteiger partial charge in [0, 0.05) is 5.56 Å². The topological polar surface area (TPSA) is 56.5 Å². The molecule has 0 aliphatic rings. The number of halogens is 2. The number of benzene rings is 2. The highest BCUT2D eigenvalue weighted by Gasteiger charge is 2.25. The molecule has 0 heterocycles. The van der Waals surface area contributed by atoms with Gasteiger partial charge in [-0.25, -0.2) is 9.82 Å². The van der Waals surface area contributed by atoms with E-state index in [-0.39, 0.29) is 5.02 Å². The Morgan fingerprint density at radius 1 is 1.10 bits per heavy atom. The predicted octanol–water partition coefficient (Wildman–Crippen LogP) is 3.05. The third-order valence-corrected chi connectivity index (χ3v) is 3.51. The van der Waals surface area contributed by atoms with Crippen molar-refractivity contribution in [2.45, 2.75) is 6.04 Å². The molecule has 2 aromatic rings. The molecule has 0 fully saturated rings. The molecule has 0 bridgehead atoms. The van der Waals surface area contributed by atoms with Crippen molar-refractivity contribution in [2.75, 3.05) is 14.2 Å². The van der Waals surface area contributed by atoms with Crippen LogP contribution in [0.2, 0.25) is 5.02 Å². The number of hydrogen-bond acceptors (Lipinski definition) is 4. The summed E-state index contributed by atoms with van der Waals surface area (Å²) in [6, 6.07) is 9.38. The molecule has 0 radical (unpaired) electrons. The van der Waals surface area contributed by atoms with Gasteiger partial charge in [-0.15, -0.1) is 0 Å². The van der Waals surface area contributed by atoms with Gasteiger partial charge in [0.1, 0.15) is 17.3 Å². The van der Waals surface area contributed by atoms with E-state index in [4.69, 9.17) is 26.9 Å². The zero-order chi connectivity index (χ0) is 15.4. The minimum atomic E-state index is -0.658. The molecule has 0 aliphatic heterocycles. The van der Waals surface area contributed by atoms with E-state index in [1.807, 2.05) is 0 Å². The summed E-state index contributed by atoms with van der Waals surface area (Å²) in [6.07, 6.45) is 0. The fourth-order valence-corrected chi connectivity index (χ4v) is 2.42. The Morgan fingerprint density at radius 2 is 1.67 bits per heavy atom. The van der Waals surface area contributed by atoms with Crippen molar-refractivity contribution in [1.29, 1.82) is 0 Å². The van der Waals surface area contributed by atoms with Crippen LogP contribution in [0.5, 0.6) is 11.5 Å². The second kappa shape index (κ2) is 6.76. The number of hydrogen-bond donors (Lipinski definition) is 2. The number of nitrogens with one attached hydrogen (secondary N) is 1. The third-order valence-electron chi connectivity index (χ3n) is 3.21. The number of ether oxygens (including phenoxy) is 2. The van der Waals surface area contributed by atoms with Crippen LogP contribution in [0, 0.1) is 5.82 Å². The second-order valence-electron chi connectivity index (χ2n) is 4.32. The van der Waals surface area contributed by atoms with Gasteiger partial charge < -0.3 is 9.47 Å². The van der Waals surface area contributed by atoms with Crippen LogP contribution in [0.3, 0.4) is 0 Å². The SMILES string of the molecule is COc1cccc(OC)c1C(NN)c1cccc(Cl)c1F. The highest BCUT2D eigenvalue weighted by molar-refractivity contribution is 6.30. The maximum absolute atomic E-state index is 14.3. The highest BCUT2D eigenvalue weighted by Crippen LogP contribution is 2.38. The van der Waals surface area contributed by atoms with E-state index in [0.29, 0.717) is 22.6 Å². The molecule has 21 heavy (non-hydrogen) atoms. The average molecular weight is 311 g/mol. The van der Waals surface area contributed by atoms with Crippen molar-refractivity contribution in [2.24, 2.45) is 5.84 Å². The van der Waals surface area contributed by atoms with Gasteiger partial charge in [0.15, 0.2) is 0 Å². The second-order valence-corrected chi connectivity index (χ2v) is 4.73. The molecule has 2 rings (SSSR count). The molecule has 0 amide bonds. The highest BCUT2D eigenvalue weighted by atomic mass is 35.5. The van der Waals surface area contributed by atoms with Gasteiger partial charge in [0.2, 0.25) is 0 Å². The summed E-state index contributed by atoms with van der Waals surface area (Å²) in [5.41, 5.74) is 3.51. The van der Waals surface area contributed by atoms with Gasteiger partial charge in [0.05, 0.1) is 30.8 Å². The smallest absolute Gasteiger partial charge is 0.146 e. The van der Waals surface area contributed by atoms with Crippen molar-refractivity contribution >= 4 is 11.6 Å². The van der Waals surface area contributed by atoms with Gasteiger partial charge in [-0.2, -0.15) is 0 Å². The Labute approximate surface area is 127 Å². The normalized spacial score (nSPS) is 12.0. The van der Waals surface area contributed by atoms with Crippen LogP contribution in [-0.2, 0) is 0 Å². The van der Waals surface area contributed by atoms with E-state index >= 15 is 0 Å². The standard InChI is InChI=1S/C15H16ClFN2O2/c1-20-11-7-4-8-12(21-2)13(11)15(19-18)9-5-3-6-10(16)14(9)17/h3-8,15,19H,18H2,1-2H3. The van der Waals surface area contributed by atoms with Crippen LogP contribution in [0.15, 0.2) is 36.4 Å². The summed E-state index contributed by atoms with van der Waals surface area (Å²) in [7, 11) is 3.06. The number of methoxy groups -OCH3 is 2. The van der Waals surface area contributed by atoms with Gasteiger partial charge in [-0.1, -0.05) is 29.8 Å². The first-order chi connectivity index (χ1) is 10.1. The molecule has 0 saturated carbocycles. The first kappa shape index (κ1) is 15.6. The Bertz CT molecular complexity index is 615. The van der Waals surface area contributed by atoms with E-state index in [9.17, 15) is 4.39 Å². The molecule has 0 aliphatic carbocycles. The third kappa shape index (κ3) is 2.95. The summed E-state index contributed by atoms with van der Waals surface area (Å²) >= 11 is 5.84. The first-order valence-corrected chi connectivity index (χ1v) is 6.62. The van der Waals surface area contributed by atoms with E-state index in [1.54, 1.807) is 30.3 Å². The van der Waals surface area contributed by atoms with Crippen LogP contribution in [0.4, 0.5) is 4.39 Å². The average Bonchev–Trinajstić information content (AvgIpc) is 2.52. The largest absolute Gasteiger partial charge is 0.496 e. The molecule has 0 saturated heterocycles. The van der Waals surface area contributed by atoms with Crippen molar-refractivity contribution < 1.29 is 13.9 Å². The molecule has 4 nitrogen and oxygen atoms in total. The van der Waals surface area contributed by atoms with Crippen molar-refractivity contribution in [1.82, 2.24) is 5.43 Å². The molecule has 0 spiro atoms. The van der Waals surface area contributed by atoms with Crippen LogP contribution < -0.4 is 20.7 Å². The summed E-state index contributed by atoms with van der Waals surface area (Å²) < 4.78 is 24.9. The molecular weight excluding hydrogens is 295 g/mol. The minimum absolute atomic E-state index is 0.0293. The Balaban J connectivity index is 2.64. The summed E-state index contributed by atoms with van der Waals surface area (Å²) in [5.74, 6) is 6.18. The van der Waals surface area contributed by atoms with Crippen molar-refractivity contribution in [3.8, 4) is 11.5 Å². The summed E-state index contributed by atoms with van der Waals surface area (Å²) in [6.45, 7) is 0. The van der Waals surface area contributed by atoms with Crippen LogP contribution in [0.1, 0.15) is 17.2 Å². The van der Waals surface area contributed by atoms with E-state index in [0.717, 1.165) is 0 Å². The van der Waals surface area contributed by atoms with Gasteiger partial charge in [-0.3, -0.25) is 5.84 Å². The lowest BCUT2D eigenvalue weighted by Crippen LogP contribution is -2.30. The van der Waals surface area contributed by atoms with E-state index in [1.165, 1.54) is 20.3 Å². The fraction of sp³-hybridized carbons (Fsp3) is 0.200. The fourth-order valence-electron chi connectivity index (χ4n) is 2.24. The molecule has 112 valence electrons. The number of hydrazine groups is 1. The monoisotopic (exact) mass is 310 g/mol. The van der Waals surface area contributed by atoms with E-state index < -0.39 is 11.9 Å². The molecular formula is C15H16ClFN2O2. The van der Waals surface area contributed by atoms with Crippen LogP contribution in [-0.4, -0.2) is 14.2 Å². The molecule has 6 heteroatoms. The molecule has 2 aromatic carbocycles. The lowest BCUT2D eigenvalue weighted by Gasteiger charge is -2.22. The Kier molecular flexibility index (Phi) is 5.01.